The fraction of sp³-hybridized carbons (Fsp3) is 0.250. The summed E-state index contributed by atoms with van der Waals surface area (Å²) in [7, 11) is 1.67. The molecular formula is C16H18ClNOS. The second-order valence-electron chi connectivity index (χ2n) is 4.31. The fourth-order valence-corrected chi connectivity index (χ4v) is 2.94. The normalized spacial score (nSPS) is 10.6. The van der Waals surface area contributed by atoms with Crippen molar-refractivity contribution in [3.05, 3.63) is 53.1 Å². The Morgan fingerprint density at radius 2 is 1.80 bits per heavy atom. The summed E-state index contributed by atoms with van der Waals surface area (Å²) in [4.78, 5) is 2.31. The predicted octanol–water partition coefficient (Wildman–Crippen LogP) is 4.61. The molecule has 2 aromatic rings. The maximum atomic E-state index is 6.31. The molecule has 106 valence electrons. The molecule has 0 radical (unpaired) electrons. The van der Waals surface area contributed by atoms with E-state index in [0.29, 0.717) is 0 Å². The van der Waals surface area contributed by atoms with Gasteiger partial charge in [0, 0.05) is 21.4 Å². The van der Waals surface area contributed by atoms with Gasteiger partial charge in [0.15, 0.2) is 0 Å². The Morgan fingerprint density at radius 3 is 2.40 bits per heavy atom. The molecule has 0 aliphatic rings. The molecule has 0 fully saturated rings. The average molecular weight is 308 g/mol. The minimum atomic E-state index is 0.808. The molecule has 0 spiro atoms. The molecule has 0 saturated carbocycles. The van der Waals surface area contributed by atoms with Gasteiger partial charge in [0.2, 0.25) is 0 Å². The first-order chi connectivity index (χ1) is 9.72. The summed E-state index contributed by atoms with van der Waals surface area (Å²) in [5.41, 5.74) is 1.13. The second-order valence-corrected chi connectivity index (χ2v) is 5.87. The zero-order chi connectivity index (χ0) is 14.4. The standard InChI is InChI=1S/C16H18ClNOS/c1-3-18-11-12-4-7-15(10-16(12)17)20-14-8-5-13(19-2)6-9-14/h4-10,18H,3,11H2,1-2H3. The molecule has 0 amide bonds. The topological polar surface area (TPSA) is 21.3 Å². The Balaban J connectivity index is 2.07. The van der Waals surface area contributed by atoms with Gasteiger partial charge in [-0.3, -0.25) is 0 Å². The zero-order valence-electron chi connectivity index (χ0n) is 11.7. The van der Waals surface area contributed by atoms with E-state index in [-0.39, 0.29) is 0 Å². The monoisotopic (exact) mass is 307 g/mol. The van der Waals surface area contributed by atoms with Crippen LogP contribution in [-0.4, -0.2) is 13.7 Å². The van der Waals surface area contributed by atoms with Crippen LogP contribution in [-0.2, 0) is 6.54 Å². The molecule has 20 heavy (non-hydrogen) atoms. The van der Waals surface area contributed by atoms with Crippen LogP contribution >= 0.6 is 23.4 Å². The van der Waals surface area contributed by atoms with Crippen LogP contribution in [0, 0.1) is 0 Å². The summed E-state index contributed by atoms with van der Waals surface area (Å²) in [6.07, 6.45) is 0. The number of hydrogen-bond donors (Lipinski definition) is 1. The summed E-state index contributed by atoms with van der Waals surface area (Å²) in [6.45, 7) is 3.84. The number of ether oxygens (including phenoxy) is 1. The quantitative estimate of drug-likeness (QED) is 0.842. The predicted molar refractivity (Wildman–Crippen MR) is 85.9 cm³/mol. The van der Waals surface area contributed by atoms with E-state index >= 15 is 0 Å². The lowest BCUT2D eigenvalue weighted by atomic mass is 10.2. The van der Waals surface area contributed by atoms with Crippen LogP contribution in [0.3, 0.4) is 0 Å². The highest BCUT2D eigenvalue weighted by Crippen LogP contribution is 2.31. The molecule has 0 heterocycles. The molecule has 0 bridgehead atoms. The molecule has 0 atom stereocenters. The van der Waals surface area contributed by atoms with Crippen LogP contribution in [0.2, 0.25) is 5.02 Å². The summed E-state index contributed by atoms with van der Waals surface area (Å²) >= 11 is 8.00. The van der Waals surface area contributed by atoms with Crippen LogP contribution in [0.25, 0.3) is 0 Å². The number of halogens is 1. The third-order valence-electron chi connectivity index (χ3n) is 2.89. The molecule has 2 rings (SSSR count). The number of benzene rings is 2. The van der Waals surface area contributed by atoms with E-state index in [1.807, 2.05) is 30.3 Å². The largest absolute Gasteiger partial charge is 0.497 e. The van der Waals surface area contributed by atoms with E-state index in [1.54, 1.807) is 18.9 Å². The average Bonchev–Trinajstić information content (AvgIpc) is 2.47. The first kappa shape index (κ1) is 15.2. The Bertz CT molecular complexity index is 557. The molecule has 4 heteroatoms. The van der Waals surface area contributed by atoms with Crippen LogP contribution in [0.5, 0.6) is 5.75 Å². The summed E-state index contributed by atoms with van der Waals surface area (Å²) in [5, 5.41) is 4.09. The van der Waals surface area contributed by atoms with Gasteiger partial charge in [-0.15, -0.1) is 0 Å². The highest BCUT2D eigenvalue weighted by molar-refractivity contribution is 7.99. The molecule has 2 nitrogen and oxygen atoms in total. The van der Waals surface area contributed by atoms with Gasteiger partial charge in [-0.2, -0.15) is 0 Å². The van der Waals surface area contributed by atoms with Crippen molar-refractivity contribution in [2.45, 2.75) is 23.3 Å². The summed E-state index contributed by atoms with van der Waals surface area (Å²) < 4.78 is 5.15. The van der Waals surface area contributed by atoms with Crippen molar-refractivity contribution in [2.75, 3.05) is 13.7 Å². The van der Waals surface area contributed by atoms with Gasteiger partial charge in [0.1, 0.15) is 5.75 Å². The Morgan fingerprint density at radius 1 is 1.10 bits per heavy atom. The summed E-state index contributed by atoms with van der Waals surface area (Å²) in [5.74, 6) is 0.869. The van der Waals surface area contributed by atoms with Crippen LogP contribution < -0.4 is 10.1 Å². The van der Waals surface area contributed by atoms with Crippen molar-refractivity contribution >= 4 is 23.4 Å². The Hall–Kier alpha value is -1.16. The van der Waals surface area contributed by atoms with E-state index < -0.39 is 0 Å². The number of nitrogens with one attached hydrogen (secondary N) is 1. The van der Waals surface area contributed by atoms with Crippen LogP contribution in [0.15, 0.2) is 52.3 Å². The van der Waals surface area contributed by atoms with Crippen molar-refractivity contribution in [3.63, 3.8) is 0 Å². The van der Waals surface area contributed by atoms with Gasteiger partial charge in [0.25, 0.3) is 0 Å². The van der Waals surface area contributed by atoms with Gasteiger partial charge in [-0.25, -0.2) is 0 Å². The van der Waals surface area contributed by atoms with E-state index in [2.05, 4.69) is 24.4 Å². The van der Waals surface area contributed by atoms with E-state index in [4.69, 9.17) is 16.3 Å². The van der Waals surface area contributed by atoms with Crippen LogP contribution in [0.4, 0.5) is 0 Å². The number of methoxy groups -OCH3 is 1. The van der Waals surface area contributed by atoms with Gasteiger partial charge >= 0.3 is 0 Å². The van der Waals surface area contributed by atoms with Crippen molar-refractivity contribution in [1.29, 1.82) is 0 Å². The molecule has 1 N–H and O–H groups in total. The van der Waals surface area contributed by atoms with E-state index in [0.717, 1.165) is 34.3 Å². The number of rotatable bonds is 6. The minimum Gasteiger partial charge on any atom is -0.497 e. The van der Waals surface area contributed by atoms with Crippen molar-refractivity contribution in [3.8, 4) is 5.75 Å². The van der Waals surface area contributed by atoms with E-state index in [1.165, 1.54) is 4.90 Å². The molecular weight excluding hydrogens is 290 g/mol. The SMILES string of the molecule is CCNCc1ccc(Sc2ccc(OC)cc2)cc1Cl. The molecule has 0 aliphatic carbocycles. The van der Waals surface area contributed by atoms with Gasteiger partial charge < -0.3 is 10.1 Å². The zero-order valence-corrected chi connectivity index (χ0v) is 13.2. The van der Waals surface area contributed by atoms with Crippen LogP contribution in [0.1, 0.15) is 12.5 Å². The highest BCUT2D eigenvalue weighted by atomic mass is 35.5. The third kappa shape index (κ3) is 4.17. The van der Waals surface area contributed by atoms with Gasteiger partial charge in [0.05, 0.1) is 7.11 Å². The fourth-order valence-electron chi connectivity index (χ4n) is 1.77. The van der Waals surface area contributed by atoms with E-state index in [9.17, 15) is 0 Å². The van der Waals surface area contributed by atoms with Crippen molar-refractivity contribution in [2.24, 2.45) is 0 Å². The molecule has 0 saturated heterocycles. The summed E-state index contributed by atoms with van der Waals surface area (Å²) in [6, 6.07) is 14.2. The maximum absolute atomic E-state index is 6.31. The highest BCUT2D eigenvalue weighted by Gasteiger charge is 2.03. The number of hydrogen-bond acceptors (Lipinski definition) is 3. The first-order valence-corrected chi connectivity index (χ1v) is 7.73. The lowest BCUT2D eigenvalue weighted by Gasteiger charge is -2.08. The minimum absolute atomic E-state index is 0.808. The Labute approximate surface area is 129 Å². The molecule has 0 aromatic heterocycles. The Kier molecular flexibility index (Phi) is 5.77. The van der Waals surface area contributed by atoms with Crippen molar-refractivity contribution in [1.82, 2.24) is 5.32 Å². The second kappa shape index (κ2) is 7.58. The first-order valence-electron chi connectivity index (χ1n) is 6.54. The molecule has 0 unspecified atom stereocenters. The van der Waals surface area contributed by atoms with Crippen molar-refractivity contribution < 1.29 is 4.74 Å². The molecule has 2 aromatic carbocycles. The van der Waals surface area contributed by atoms with Gasteiger partial charge in [-0.05, 0) is 48.5 Å². The lowest BCUT2D eigenvalue weighted by molar-refractivity contribution is 0.414. The third-order valence-corrected chi connectivity index (χ3v) is 4.23. The molecule has 0 aliphatic heterocycles. The maximum Gasteiger partial charge on any atom is 0.118 e. The lowest BCUT2D eigenvalue weighted by Crippen LogP contribution is -2.11. The van der Waals surface area contributed by atoms with Gasteiger partial charge in [-0.1, -0.05) is 36.4 Å². The smallest absolute Gasteiger partial charge is 0.118 e.